The quantitative estimate of drug-likeness (QED) is 0.659. The molecule has 0 aliphatic carbocycles. The zero-order valence-electron chi connectivity index (χ0n) is 7.78. The Kier molecular flexibility index (Phi) is 1.97. The molecule has 0 N–H and O–H groups in total. The number of para-hydroxylation sites is 1. The number of hydrogen-bond donors (Lipinski definition) is 0. The molecular weight excluding hydrogens is 160 g/mol. The molecule has 0 amide bonds. The maximum Gasteiger partial charge on any atom is 0.198 e. The van der Waals surface area contributed by atoms with Gasteiger partial charge in [-0.15, -0.1) is 0 Å². The Morgan fingerprint density at radius 1 is 1.15 bits per heavy atom. The van der Waals surface area contributed by atoms with Gasteiger partial charge in [0.1, 0.15) is 0 Å². The molecule has 0 saturated carbocycles. The molecule has 0 bridgehead atoms. The van der Waals surface area contributed by atoms with Crippen LogP contribution >= 0.6 is 0 Å². The van der Waals surface area contributed by atoms with E-state index in [2.05, 4.69) is 36.2 Å². The van der Waals surface area contributed by atoms with Crippen LogP contribution < -0.4 is 0 Å². The molecule has 1 aromatic heterocycles. The number of rotatable bonds is 1. The summed E-state index contributed by atoms with van der Waals surface area (Å²) in [5.41, 5.74) is 2.05. The van der Waals surface area contributed by atoms with Crippen LogP contribution in [-0.4, -0.2) is 9.97 Å². The van der Waals surface area contributed by atoms with E-state index in [0.717, 1.165) is 16.6 Å². The second-order valence-corrected chi connectivity index (χ2v) is 3.38. The predicted molar refractivity (Wildman–Crippen MR) is 52.5 cm³/mol. The summed E-state index contributed by atoms with van der Waals surface area (Å²) < 4.78 is 0. The molecule has 1 heterocycles. The summed E-state index contributed by atoms with van der Waals surface area (Å²) in [6.07, 6.45) is 2.69. The average molecular weight is 171 g/mol. The van der Waals surface area contributed by atoms with Crippen molar-refractivity contribution in [3.05, 3.63) is 36.3 Å². The van der Waals surface area contributed by atoms with E-state index in [9.17, 15) is 0 Å². The first-order valence-corrected chi connectivity index (χ1v) is 4.42. The Morgan fingerprint density at radius 2 is 1.92 bits per heavy atom. The van der Waals surface area contributed by atoms with E-state index >= 15 is 0 Å². The molecule has 0 unspecified atom stereocenters. The molecule has 0 atom stereocenters. The van der Waals surface area contributed by atoms with Crippen LogP contribution in [0.5, 0.6) is 0 Å². The predicted octanol–water partition coefficient (Wildman–Crippen LogP) is 2.55. The van der Waals surface area contributed by atoms with E-state index in [1.165, 1.54) is 0 Å². The fourth-order valence-electron chi connectivity index (χ4n) is 1.42. The number of aromatic nitrogens is 2. The fourth-order valence-corrected chi connectivity index (χ4v) is 1.42. The van der Waals surface area contributed by atoms with Crippen LogP contribution in [0.1, 0.15) is 25.5 Å². The maximum atomic E-state index is 4.17. The minimum atomic E-state index is 0.421. The molecule has 0 spiro atoms. The van der Waals surface area contributed by atoms with Gasteiger partial charge in [0.15, 0.2) is 6.33 Å². The lowest BCUT2D eigenvalue weighted by molar-refractivity contribution is 0.826. The van der Waals surface area contributed by atoms with Crippen molar-refractivity contribution in [2.45, 2.75) is 19.8 Å². The van der Waals surface area contributed by atoms with Crippen molar-refractivity contribution >= 4 is 10.9 Å². The highest BCUT2D eigenvalue weighted by molar-refractivity contribution is 5.80. The van der Waals surface area contributed by atoms with Crippen molar-refractivity contribution in [1.82, 2.24) is 9.97 Å². The summed E-state index contributed by atoms with van der Waals surface area (Å²) >= 11 is 0. The first kappa shape index (κ1) is 8.17. The van der Waals surface area contributed by atoms with Crippen LogP contribution in [0.25, 0.3) is 10.9 Å². The van der Waals surface area contributed by atoms with Gasteiger partial charge >= 0.3 is 0 Å². The largest absolute Gasteiger partial charge is 0.229 e. The van der Waals surface area contributed by atoms with E-state index < -0.39 is 0 Å². The van der Waals surface area contributed by atoms with Crippen LogP contribution in [0, 0.1) is 6.33 Å². The summed E-state index contributed by atoms with van der Waals surface area (Å²) in [7, 11) is 0. The standard InChI is InChI=1S/C11H11N2/c1-8(2)11-9-5-3-4-6-10(9)12-7-13-11/h3-6,8H,1-2H3. The smallest absolute Gasteiger partial charge is 0.198 e. The summed E-state index contributed by atoms with van der Waals surface area (Å²) in [6, 6.07) is 8.03. The number of nitrogens with zero attached hydrogens (tertiary/aromatic N) is 2. The van der Waals surface area contributed by atoms with Crippen LogP contribution in [0.3, 0.4) is 0 Å². The molecule has 1 aromatic carbocycles. The first-order chi connectivity index (χ1) is 6.29. The summed E-state index contributed by atoms with van der Waals surface area (Å²) in [5, 5.41) is 1.14. The highest BCUT2D eigenvalue weighted by Crippen LogP contribution is 2.20. The van der Waals surface area contributed by atoms with Gasteiger partial charge in [-0.05, 0) is 12.0 Å². The summed E-state index contributed by atoms with van der Waals surface area (Å²) in [4.78, 5) is 8.26. The van der Waals surface area contributed by atoms with Gasteiger partial charge in [0.05, 0.1) is 11.2 Å². The number of fused-ring (bicyclic) bond motifs is 1. The SMILES string of the molecule is CC(C)c1n[c]nc2ccccc12. The lowest BCUT2D eigenvalue weighted by Crippen LogP contribution is -1.95. The van der Waals surface area contributed by atoms with Gasteiger partial charge in [0.25, 0.3) is 0 Å². The number of hydrogen-bond acceptors (Lipinski definition) is 2. The minimum Gasteiger partial charge on any atom is -0.229 e. The highest BCUT2D eigenvalue weighted by Gasteiger charge is 2.05. The van der Waals surface area contributed by atoms with Crippen molar-refractivity contribution < 1.29 is 0 Å². The van der Waals surface area contributed by atoms with Gasteiger partial charge in [-0.3, -0.25) is 0 Å². The highest BCUT2D eigenvalue weighted by atomic mass is 14.8. The molecule has 65 valence electrons. The van der Waals surface area contributed by atoms with Crippen molar-refractivity contribution in [2.24, 2.45) is 0 Å². The molecule has 2 rings (SSSR count). The fraction of sp³-hybridized carbons (Fsp3) is 0.273. The lowest BCUT2D eigenvalue weighted by atomic mass is 10.1. The zero-order valence-corrected chi connectivity index (χ0v) is 7.78. The average Bonchev–Trinajstić information content (AvgIpc) is 2.17. The monoisotopic (exact) mass is 171 g/mol. The van der Waals surface area contributed by atoms with Gasteiger partial charge < -0.3 is 0 Å². The van der Waals surface area contributed by atoms with Crippen molar-refractivity contribution in [3.8, 4) is 0 Å². The Bertz CT molecular complexity index is 416. The molecule has 0 aliphatic rings. The molecule has 1 radical (unpaired) electrons. The Balaban J connectivity index is 2.76. The van der Waals surface area contributed by atoms with E-state index in [0.29, 0.717) is 5.92 Å². The van der Waals surface area contributed by atoms with E-state index in [-0.39, 0.29) is 0 Å². The topological polar surface area (TPSA) is 25.8 Å². The Labute approximate surface area is 77.6 Å². The van der Waals surface area contributed by atoms with Gasteiger partial charge in [-0.25, -0.2) is 9.97 Å². The molecule has 0 saturated heterocycles. The van der Waals surface area contributed by atoms with Gasteiger partial charge in [0, 0.05) is 5.39 Å². The second kappa shape index (κ2) is 3.13. The third-order valence-corrected chi connectivity index (χ3v) is 2.07. The Hall–Kier alpha value is -1.44. The van der Waals surface area contributed by atoms with Crippen LogP contribution in [0.2, 0.25) is 0 Å². The van der Waals surface area contributed by atoms with Crippen molar-refractivity contribution in [3.63, 3.8) is 0 Å². The maximum absolute atomic E-state index is 4.17. The minimum absolute atomic E-state index is 0.421. The molecule has 2 heteroatoms. The van der Waals surface area contributed by atoms with Crippen molar-refractivity contribution in [1.29, 1.82) is 0 Å². The Morgan fingerprint density at radius 3 is 2.69 bits per heavy atom. The third-order valence-electron chi connectivity index (χ3n) is 2.07. The van der Waals surface area contributed by atoms with Crippen LogP contribution in [0.4, 0.5) is 0 Å². The number of benzene rings is 1. The molecular formula is C11H11N2. The van der Waals surface area contributed by atoms with E-state index in [4.69, 9.17) is 0 Å². The first-order valence-electron chi connectivity index (χ1n) is 4.42. The third kappa shape index (κ3) is 1.39. The molecule has 0 aliphatic heterocycles. The normalized spacial score (nSPS) is 11.0. The van der Waals surface area contributed by atoms with Gasteiger partial charge in [-0.2, -0.15) is 0 Å². The summed E-state index contributed by atoms with van der Waals surface area (Å²) in [5.74, 6) is 0.421. The van der Waals surface area contributed by atoms with Crippen molar-refractivity contribution in [2.75, 3.05) is 0 Å². The van der Waals surface area contributed by atoms with Gasteiger partial charge in [-0.1, -0.05) is 32.0 Å². The summed E-state index contributed by atoms with van der Waals surface area (Å²) in [6.45, 7) is 4.26. The van der Waals surface area contributed by atoms with Crippen LogP contribution in [-0.2, 0) is 0 Å². The van der Waals surface area contributed by atoms with E-state index in [1.807, 2.05) is 18.2 Å². The molecule has 0 fully saturated rings. The molecule has 2 nitrogen and oxygen atoms in total. The zero-order chi connectivity index (χ0) is 9.26. The van der Waals surface area contributed by atoms with E-state index in [1.54, 1.807) is 0 Å². The lowest BCUT2D eigenvalue weighted by Gasteiger charge is -2.06. The van der Waals surface area contributed by atoms with Crippen LogP contribution in [0.15, 0.2) is 24.3 Å². The second-order valence-electron chi connectivity index (χ2n) is 3.38. The molecule has 2 aromatic rings. The molecule has 13 heavy (non-hydrogen) atoms. The van der Waals surface area contributed by atoms with Gasteiger partial charge in [0.2, 0.25) is 0 Å².